The second-order valence-electron chi connectivity index (χ2n) is 9.74. The van der Waals surface area contributed by atoms with E-state index in [-0.39, 0.29) is 41.6 Å². The van der Waals surface area contributed by atoms with E-state index in [1.807, 2.05) is 0 Å². The second kappa shape index (κ2) is 12.5. The Morgan fingerprint density at radius 2 is 1.88 bits per heavy atom. The third kappa shape index (κ3) is 7.70. The second-order valence-corrected chi connectivity index (χ2v) is 11.8. The molecule has 2 amide bonds. The number of carbonyl (C=O) groups is 2. The van der Waals surface area contributed by atoms with Crippen LogP contribution in [0.25, 0.3) is 0 Å². The lowest BCUT2D eigenvalue weighted by molar-refractivity contribution is -0.142. The molecular weight excluding hydrogens is 558 g/mol. The molecule has 3 rings (SSSR count). The standard InChI is InChI=1S/C26H31F4N3O6S/c1-16-13-33(17(2)15-34)25(36)21-12-19(31-24(35)10-11-26(28,29)30)6-9-22(21)39-23(16)14-32(3)40(37,38)20-7-4-18(27)5-8-20/h4-9,12,16-17,23,34H,10-11,13-15H2,1-3H3,(H,31,35)/t16-,17+,23+/m1/s1. The van der Waals surface area contributed by atoms with Gasteiger partial charge in [0, 0.05) is 31.6 Å². The molecule has 0 aromatic heterocycles. The van der Waals surface area contributed by atoms with E-state index in [0.29, 0.717) is 0 Å². The van der Waals surface area contributed by atoms with Gasteiger partial charge in [0.1, 0.15) is 17.7 Å². The van der Waals surface area contributed by atoms with Crippen LogP contribution in [0.1, 0.15) is 37.0 Å². The topological polar surface area (TPSA) is 116 Å². The summed E-state index contributed by atoms with van der Waals surface area (Å²) in [5, 5.41) is 12.1. The van der Waals surface area contributed by atoms with E-state index in [0.717, 1.165) is 28.6 Å². The van der Waals surface area contributed by atoms with E-state index in [1.54, 1.807) is 13.8 Å². The molecule has 0 spiro atoms. The van der Waals surface area contributed by atoms with Crippen molar-refractivity contribution in [3.8, 4) is 5.75 Å². The molecule has 2 aromatic rings. The summed E-state index contributed by atoms with van der Waals surface area (Å²) >= 11 is 0. The van der Waals surface area contributed by atoms with Crippen molar-refractivity contribution in [3.63, 3.8) is 0 Å². The Bertz CT molecular complexity index is 1320. The quantitative estimate of drug-likeness (QED) is 0.432. The van der Waals surface area contributed by atoms with Crippen LogP contribution in [-0.2, 0) is 14.8 Å². The lowest BCUT2D eigenvalue weighted by Crippen LogP contribution is -2.50. The number of likely N-dealkylation sites (N-methyl/N-ethyl adjacent to an activating group) is 1. The molecule has 1 heterocycles. The van der Waals surface area contributed by atoms with Gasteiger partial charge in [-0.1, -0.05) is 6.92 Å². The number of benzene rings is 2. The molecule has 40 heavy (non-hydrogen) atoms. The van der Waals surface area contributed by atoms with Crippen molar-refractivity contribution in [1.82, 2.24) is 9.21 Å². The van der Waals surface area contributed by atoms with Gasteiger partial charge < -0.3 is 20.1 Å². The van der Waals surface area contributed by atoms with Gasteiger partial charge in [-0.15, -0.1) is 0 Å². The SMILES string of the molecule is C[C@@H]1CN([C@@H](C)CO)C(=O)c2cc(NC(=O)CCC(F)(F)F)ccc2O[C@H]1CN(C)S(=O)(=O)c1ccc(F)cc1. The number of ether oxygens (including phenoxy) is 1. The van der Waals surface area contributed by atoms with Crippen molar-refractivity contribution in [2.75, 3.05) is 32.1 Å². The molecule has 0 unspecified atom stereocenters. The molecule has 1 aliphatic heterocycles. The number of nitrogens with one attached hydrogen (secondary N) is 1. The van der Waals surface area contributed by atoms with Crippen LogP contribution in [0.4, 0.5) is 23.2 Å². The molecule has 2 N–H and O–H groups in total. The number of hydrogen-bond acceptors (Lipinski definition) is 6. The number of anilines is 1. The Kier molecular flexibility index (Phi) is 9.80. The lowest BCUT2D eigenvalue weighted by Gasteiger charge is -2.38. The van der Waals surface area contributed by atoms with Crippen LogP contribution in [0.15, 0.2) is 47.4 Å². The Morgan fingerprint density at radius 1 is 1.23 bits per heavy atom. The zero-order valence-electron chi connectivity index (χ0n) is 22.1. The van der Waals surface area contributed by atoms with E-state index in [2.05, 4.69) is 5.32 Å². The summed E-state index contributed by atoms with van der Waals surface area (Å²) in [6.07, 6.45) is -7.39. The van der Waals surface area contributed by atoms with Crippen LogP contribution >= 0.6 is 0 Å². The molecule has 1 aliphatic rings. The predicted octanol–water partition coefficient (Wildman–Crippen LogP) is 3.65. The van der Waals surface area contributed by atoms with E-state index < -0.39 is 64.7 Å². The van der Waals surface area contributed by atoms with Crippen molar-refractivity contribution in [1.29, 1.82) is 0 Å². The van der Waals surface area contributed by atoms with Crippen LogP contribution in [0.2, 0.25) is 0 Å². The van der Waals surface area contributed by atoms with Crippen molar-refractivity contribution < 1.29 is 45.4 Å². The molecule has 9 nitrogen and oxygen atoms in total. The van der Waals surface area contributed by atoms with Gasteiger partial charge in [-0.05, 0) is 49.4 Å². The summed E-state index contributed by atoms with van der Waals surface area (Å²) in [6, 6.07) is 7.72. The number of aliphatic hydroxyl groups excluding tert-OH is 1. The smallest absolute Gasteiger partial charge is 0.389 e. The maximum absolute atomic E-state index is 13.5. The molecule has 0 bridgehead atoms. The van der Waals surface area contributed by atoms with Crippen molar-refractivity contribution in [2.24, 2.45) is 5.92 Å². The van der Waals surface area contributed by atoms with Crippen molar-refractivity contribution >= 4 is 27.5 Å². The Balaban J connectivity index is 1.91. The van der Waals surface area contributed by atoms with E-state index >= 15 is 0 Å². The molecule has 0 radical (unpaired) electrons. The van der Waals surface area contributed by atoms with Crippen LogP contribution in [0.5, 0.6) is 5.75 Å². The summed E-state index contributed by atoms with van der Waals surface area (Å²) in [7, 11) is -2.68. The number of alkyl halides is 3. The minimum absolute atomic E-state index is 0.0186. The Labute approximate surface area is 229 Å². The van der Waals surface area contributed by atoms with Gasteiger partial charge in [0.15, 0.2) is 0 Å². The average molecular weight is 590 g/mol. The maximum atomic E-state index is 13.5. The van der Waals surface area contributed by atoms with Gasteiger partial charge in [0.25, 0.3) is 5.91 Å². The normalized spacial score (nSPS) is 18.9. The third-order valence-electron chi connectivity index (χ3n) is 6.54. The van der Waals surface area contributed by atoms with Gasteiger partial charge in [0.05, 0.1) is 36.1 Å². The number of aliphatic hydroxyl groups is 1. The van der Waals surface area contributed by atoms with Crippen LogP contribution < -0.4 is 10.1 Å². The largest absolute Gasteiger partial charge is 0.488 e. The minimum Gasteiger partial charge on any atom is -0.488 e. The number of carbonyl (C=O) groups excluding carboxylic acids is 2. The molecule has 220 valence electrons. The average Bonchev–Trinajstić information content (AvgIpc) is 2.89. The van der Waals surface area contributed by atoms with Gasteiger partial charge in [-0.2, -0.15) is 17.5 Å². The number of halogens is 4. The highest BCUT2D eigenvalue weighted by Gasteiger charge is 2.35. The molecule has 0 aliphatic carbocycles. The highest BCUT2D eigenvalue weighted by atomic mass is 32.2. The highest BCUT2D eigenvalue weighted by Crippen LogP contribution is 2.31. The fraction of sp³-hybridized carbons (Fsp3) is 0.462. The summed E-state index contributed by atoms with van der Waals surface area (Å²) in [5.74, 6) is -2.37. The number of rotatable bonds is 9. The summed E-state index contributed by atoms with van der Waals surface area (Å²) in [5.41, 5.74) is 0.0514. The van der Waals surface area contributed by atoms with Crippen LogP contribution in [0.3, 0.4) is 0 Å². The number of amides is 2. The molecule has 0 saturated heterocycles. The first kappa shape index (κ1) is 31.3. The van der Waals surface area contributed by atoms with Gasteiger partial charge in [0.2, 0.25) is 15.9 Å². The van der Waals surface area contributed by atoms with Crippen molar-refractivity contribution in [2.45, 2.75) is 49.9 Å². The molecule has 14 heteroatoms. The fourth-order valence-corrected chi connectivity index (χ4v) is 5.32. The monoisotopic (exact) mass is 589 g/mol. The molecule has 0 fully saturated rings. The van der Waals surface area contributed by atoms with Gasteiger partial charge >= 0.3 is 6.18 Å². The number of hydrogen-bond donors (Lipinski definition) is 2. The fourth-order valence-electron chi connectivity index (χ4n) is 4.14. The predicted molar refractivity (Wildman–Crippen MR) is 138 cm³/mol. The number of sulfonamides is 1. The summed E-state index contributed by atoms with van der Waals surface area (Å²) < 4.78 is 84.2. The first-order valence-electron chi connectivity index (χ1n) is 12.4. The maximum Gasteiger partial charge on any atom is 0.389 e. The lowest BCUT2D eigenvalue weighted by atomic mass is 9.99. The van der Waals surface area contributed by atoms with E-state index in [1.165, 1.54) is 30.1 Å². The summed E-state index contributed by atoms with van der Waals surface area (Å²) in [6.45, 7) is 2.94. The van der Waals surface area contributed by atoms with Crippen LogP contribution in [-0.4, -0.2) is 79.6 Å². The van der Waals surface area contributed by atoms with E-state index in [9.17, 15) is 40.7 Å². The zero-order chi connectivity index (χ0) is 29.8. The zero-order valence-corrected chi connectivity index (χ0v) is 22.9. The Hall–Kier alpha value is -3.23. The van der Waals surface area contributed by atoms with Gasteiger partial charge in [-0.25, -0.2) is 12.8 Å². The minimum atomic E-state index is -4.50. The van der Waals surface area contributed by atoms with E-state index in [4.69, 9.17) is 4.74 Å². The third-order valence-corrected chi connectivity index (χ3v) is 8.38. The number of nitrogens with zero attached hydrogens (tertiary/aromatic N) is 2. The summed E-state index contributed by atoms with van der Waals surface area (Å²) in [4.78, 5) is 26.8. The van der Waals surface area contributed by atoms with Crippen LogP contribution in [0, 0.1) is 11.7 Å². The number of fused-ring (bicyclic) bond motifs is 1. The molecule has 3 atom stereocenters. The Morgan fingerprint density at radius 3 is 2.48 bits per heavy atom. The van der Waals surface area contributed by atoms with Crippen molar-refractivity contribution in [3.05, 3.63) is 53.8 Å². The first-order chi connectivity index (χ1) is 18.6. The molecule has 0 saturated carbocycles. The molecular formula is C26H31F4N3O6S. The molecule has 2 aromatic carbocycles. The highest BCUT2D eigenvalue weighted by molar-refractivity contribution is 7.89. The first-order valence-corrected chi connectivity index (χ1v) is 13.9. The van der Waals surface area contributed by atoms with Gasteiger partial charge in [-0.3, -0.25) is 9.59 Å².